The Balaban J connectivity index is 2.58. The first-order valence-electron chi connectivity index (χ1n) is 2.97. The van der Waals surface area contributed by atoms with Crippen molar-refractivity contribution in [3.8, 4) is 0 Å². The number of nitrogens with zero attached hydrogens (tertiary/aromatic N) is 2. The molecule has 0 spiro atoms. The average Bonchev–Trinajstić information content (AvgIpc) is 2.38. The standard InChI is InChI=1S/C6H9N3O/c1-9(2-3-10)6-4-7-5-8-6/h3-5H,2H2,1H3,(H,7,8). The van der Waals surface area contributed by atoms with Gasteiger partial charge in [-0.05, 0) is 0 Å². The SMILES string of the molecule is CN(CC=O)c1cnc[nH]1. The van der Waals surface area contributed by atoms with Crippen LogP contribution in [0.2, 0.25) is 0 Å². The second kappa shape index (κ2) is 3.00. The summed E-state index contributed by atoms with van der Waals surface area (Å²) >= 11 is 0. The number of hydrogen-bond donors (Lipinski definition) is 1. The Morgan fingerprint density at radius 2 is 2.70 bits per heavy atom. The summed E-state index contributed by atoms with van der Waals surface area (Å²) in [5.41, 5.74) is 0. The summed E-state index contributed by atoms with van der Waals surface area (Å²) in [6.45, 7) is 0.391. The summed E-state index contributed by atoms with van der Waals surface area (Å²) in [4.78, 5) is 18.5. The topological polar surface area (TPSA) is 49.0 Å². The van der Waals surface area contributed by atoms with E-state index in [9.17, 15) is 4.79 Å². The van der Waals surface area contributed by atoms with Gasteiger partial charge in [0.2, 0.25) is 0 Å². The largest absolute Gasteiger partial charge is 0.353 e. The Kier molecular flexibility index (Phi) is 2.04. The normalized spacial score (nSPS) is 9.30. The molecule has 0 unspecified atom stereocenters. The van der Waals surface area contributed by atoms with Gasteiger partial charge in [0.05, 0.1) is 19.1 Å². The third-order valence-electron chi connectivity index (χ3n) is 1.24. The van der Waals surface area contributed by atoms with Crippen molar-refractivity contribution in [1.82, 2.24) is 9.97 Å². The van der Waals surface area contributed by atoms with Crippen LogP contribution in [-0.2, 0) is 4.79 Å². The predicted molar refractivity (Wildman–Crippen MR) is 37.9 cm³/mol. The van der Waals surface area contributed by atoms with Crippen LogP contribution in [0.15, 0.2) is 12.5 Å². The summed E-state index contributed by atoms with van der Waals surface area (Å²) < 4.78 is 0. The monoisotopic (exact) mass is 139 g/mol. The zero-order valence-electron chi connectivity index (χ0n) is 5.74. The lowest BCUT2D eigenvalue weighted by Gasteiger charge is -2.11. The molecular formula is C6H9N3O. The van der Waals surface area contributed by atoms with Gasteiger partial charge in [-0.3, -0.25) is 0 Å². The van der Waals surface area contributed by atoms with Gasteiger partial charge in [0.15, 0.2) is 0 Å². The summed E-state index contributed by atoms with van der Waals surface area (Å²) in [6.07, 6.45) is 4.10. The smallest absolute Gasteiger partial charge is 0.139 e. The van der Waals surface area contributed by atoms with Crippen LogP contribution >= 0.6 is 0 Å². The molecule has 0 aliphatic rings. The van der Waals surface area contributed by atoms with Gasteiger partial charge in [-0.25, -0.2) is 4.98 Å². The molecule has 0 aliphatic heterocycles. The minimum atomic E-state index is 0.391. The third-order valence-corrected chi connectivity index (χ3v) is 1.24. The van der Waals surface area contributed by atoms with Crippen LogP contribution in [-0.4, -0.2) is 29.8 Å². The molecule has 0 radical (unpaired) electrons. The fraction of sp³-hybridized carbons (Fsp3) is 0.333. The number of carbonyl (C=O) groups excluding carboxylic acids is 1. The van der Waals surface area contributed by atoms with E-state index in [0.29, 0.717) is 6.54 Å². The highest BCUT2D eigenvalue weighted by Crippen LogP contribution is 2.02. The molecule has 0 fully saturated rings. The number of nitrogens with one attached hydrogen (secondary N) is 1. The minimum absolute atomic E-state index is 0.391. The molecule has 0 amide bonds. The number of carbonyl (C=O) groups is 1. The van der Waals surface area contributed by atoms with Crippen molar-refractivity contribution >= 4 is 12.1 Å². The molecule has 0 atom stereocenters. The summed E-state index contributed by atoms with van der Waals surface area (Å²) in [7, 11) is 1.82. The zero-order valence-corrected chi connectivity index (χ0v) is 5.74. The van der Waals surface area contributed by atoms with Gasteiger partial charge in [-0.2, -0.15) is 0 Å². The molecule has 4 nitrogen and oxygen atoms in total. The minimum Gasteiger partial charge on any atom is -0.353 e. The predicted octanol–water partition coefficient (Wildman–Crippen LogP) is 0.0448. The van der Waals surface area contributed by atoms with Crippen LogP contribution in [0.5, 0.6) is 0 Å². The number of anilines is 1. The van der Waals surface area contributed by atoms with Crippen LogP contribution in [0.25, 0.3) is 0 Å². The number of H-pyrrole nitrogens is 1. The van der Waals surface area contributed by atoms with Crippen LogP contribution in [0, 0.1) is 0 Å². The Morgan fingerprint density at radius 3 is 3.20 bits per heavy atom. The first-order valence-corrected chi connectivity index (χ1v) is 2.97. The quantitative estimate of drug-likeness (QED) is 0.602. The van der Waals surface area contributed by atoms with E-state index in [-0.39, 0.29) is 0 Å². The van der Waals surface area contributed by atoms with Crippen molar-refractivity contribution in [2.24, 2.45) is 0 Å². The van der Waals surface area contributed by atoms with Gasteiger partial charge in [0.1, 0.15) is 12.1 Å². The Labute approximate surface area is 58.9 Å². The van der Waals surface area contributed by atoms with Crippen molar-refractivity contribution in [3.63, 3.8) is 0 Å². The first kappa shape index (κ1) is 6.80. The number of imidazole rings is 1. The molecule has 10 heavy (non-hydrogen) atoms. The van der Waals surface area contributed by atoms with Crippen molar-refractivity contribution in [3.05, 3.63) is 12.5 Å². The maximum atomic E-state index is 10.0. The van der Waals surface area contributed by atoms with Crippen molar-refractivity contribution < 1.29 is 4.79 Å². The highest BCUT2D eigenvalue weighted by molar-refractivity contribution is 5.58. The molecule has 1 heterocycles. The third kappa shape index (κ3) is 1.34. The van der Waals surface area contributed by atoms with Crippen molar-refractivity contribution in [1.29, 1.82) is 0 Å². The lowest BCUT2D eigenvalue weighted by Crippen LogP contribution is -2.19. The van der Waals surface area contributed by atoms with Crippen molar-refractivity contribution in [2.45, 2.75) is 0 Å². The highest BCUT2D eigenvalue weighted by Gasteiger charge is 1.97. The summed E-state index contributed by atoms with van der Waals surface area (Å²) in [5, 5.41) is 0. The van der Waals surface area contributed by atoms with E-state index in [1.165, 1.54) is 0 Å². The van der Waals surface area contributed by atoms with Crippen LogP contribution in [0.1, 0.15) is 0 Å². The highest BCUT2D eigenvalue weighted by atomic mass is 16.1. The average molecular weight is 139 g/mol. The lowest BCUT2D eigenvalue weighted by molar-refractivity contribution is -0.106. The zero-order chi connectivity index (χ0) is 7.40. The number of rotatable bonds is 3. The molecule has 54 valence electrons. The summed E-state index contributed by atoms with van der Waals surface area (Å²) in [6, 6.07) is 0. The van der Waals surface area contributed by atoms with E-state index < -0.39 is 0 Å². The van der Waals surface area contributed by atoms with Gasteiger partial charge < -0.3 is 14.7 Å². The second-order valence-corrected chi connectivity index (χ2v) is 1.98. The van der Waals surface area contributed by atoms with E-state index in [2.05, 4.69) is 9.97 Å². The van der Waals surface area contributed by atoms with E-state index in [4.69, 9.17) is 0 Å². The maximum absolute atomic E-state index is 10.0. The van der Waals surface area contributed by atoms with Crippen LogP contribution in [0.4, 0.5) is 5.82 Å². The molecular weight excluding hydrogens is 130 g/mol. The number of aromatic nitrogens is 2. The second-order valence-electron chi connectivity index (χ2n) is 1.98. The molecule has 0 saturated carbocycles. The lowest BCUT2D eigenvalue weighted by atomic mass is 10.6. The molecule has 1 aromatic rings. The number of likely N-dealkylation sites (N-methyl/N-ethyl adjacent to an activating group) is 1. The van der Waals surface area contributed by atoms with E-state index in [1.54, 1.807) is 17.4 Å². The molecule has 0 aliphatic carbocycles. The van der Waals surface area contributed by atoms with Gasteiger partial charge in [-0.1, -0.05) is 0 Å². The fourth-order valence-corrected chi connectivity index (χ4v) is 0.667. The fourth-order valence-electron chi connectivity index (χ4n) is 0.667. The Hall–Kier alpha value is -1.32. The Bertz CT molecular complexity index is 195. The number of hydrogen-bond acceptors (Lipinski definition) is 3. The number of aromatic amines is 1. The number of aldehydes is 1. The van der Waals surface area contributed by atoms with E-state index in [1.807, 2.05) is 7.05 Å². The van der Waals surface area contributed by atoms with Gasteiger partial charge in [0.25, 0.3) is 0 Å². The molecule has 0 aromatic carbocycles. The van der Waals surface area contributed by atoms with Gasteiger partial charge in [-0.15, -0.1) is 0 Å². The van der Waals surface area contributed by atoms with Crippen molar-refractivity contribution in [2.75, 3.05) is 18.5 Å². The van der Waals surface area contributed by atoms with Gasteiger partial charge in [0, 0.05) is 7.05 Å². The Morgan fingerprint density at radius 1 is 1.90 bits per heavy atom. The summed E-state index contributed by atoms with van der Waals surface area (Å²) in [5.74, 6) is 0.854. The molecule has 4 heteroatoms. The molecule has 1 N–H and O–H groups in total. The maximum Gasteiger partial charge on any atom is 0.139 e. The van der Waals surface area contributed by atoms with Crippen LogP contribution < -0.4 is 4.90 Å². The van der Waals surface area contributed by atoms with Gasteiger partial charge >= 0.3 is 0 Å². The molecule has 1 rings (SSSR count). The first-order chi connectivity index (χ1) is 4.84. The molecule has 1 aromatic heterocycles. The van der Waals surface area contributed by atoms with E-state index in [0.717, 1.165) is 12.1 Å². The van der Waals surface area contributed by atoms with E-state index >= 15 is 0 Å². The molecule has 0 saturated heterocycles. The van der Waals surface area contributed by atoms with Crippen LogP contribution in [0.3, 0.4) is 0 Å². The molecule has 0 bridgehead atoms.